The molecule has 0 unspecified atom stereocenters. The first-order valence-electron chi connectivity index (χ1n) is 6.64. The number of carbonyl (C=O) groups is 2. The molecule has 2 aromatic carbocycles. The number of amides is 2. The van der Waals surface area contributed by atoms with Crippen LogP contribution in [-0.4, -0.2) is 26.2 Å². The summed E-state index contributed by atoms with van der Waals surface area (Å²) < 4.78 is 9.79. The summed E-state index contributed by atoms with van der Waals surface area (Å²) in [6.07, 6.45) is 0. The maximum atomic E-state index is 12.0. The van der Waals surface area contributed by atoms with Crippen LogP contribution in [0.5, 0.6) is 5.75 Å². The number of methoxy groups -OCH3 is 2. The average molecular weight is 335 g/mol. The van der Waals surface area contributed by atoms with E-state index in [1.54, 1.807) is 24.3 Å². The SMILES string of the molecule is COC(=O)c1cc(Cl)c(NC(=O)Nc2ccccc2)cc1OC. The number of anilines is 2. The van der Waals surface area contributed by atoms with Crippen molar-refractivity contribution in [2.45, 2.75) is 0 Å². The van der Waals surface area contributed by atoms with Crippen LogP contribution in [0.3, 0.4) is 0 Å². The molecule has 0 fully saturated rings. The fourth-order valence-electron chi connectivity index (χ4n) is 1.89. The molecule has 2 aromatic rings. The van der Waals surface area contributed by atoms with Gasteiger partial charge in [-0.1, -0.05) is 29.8 Å². The second-order valence-corrected chi connectivity index (χ2v) is 4.88. The zero-order valence-corrected chi connectivity index (χ0v) is 13.3. The molecule has 0 aliphatic carbocycles. The Kier molecular flexibility index (Phi) is 5.43. The van der Waals surface area contributed by atoms with Crippen LogP contribution in [0, 0.1) is 0 Å². The third-order valence-electron chi connectivity index (χ3n) is 2.97. The normalized spacial score (nSPS) is 9.87. The number of para-hydroxylation sites is 1. The highest BCUT2D eigenvalue weighted by atomic mass is 35.5. The molecule has 0 spiro atoms. The number of benzene rings is 2. The van der Waals surface area contributed by atoms with Crippen molar-refractivity contribution < 1.29 is 19.1 Å². The van der Waals surface area contributed by atoms with E-state index in [0.717, 1.165) is 0 Å². The van der Waals surface area contributed by atoms with E-state index >= 15 is 0 Å². The molecule has 0 radical (unpaired) electrons. The number of halogens is 1. The Morgan fingerprint density at radius 3 is 2.35 bits per heavy atom. The number of carbonyl (C=O) groups excluding carboxylic acids is 2. The Labute approximate surface area is 138 Å². The number of hydrogen-bond donors (Lipinski definition) is 2. The molecule has 120 valence electrons. The fraction of sp³-hybridized carbons (Fsp3) is 0.125. The standard InChI is InChI=1S/C16H15ClN2O4/c1-22-14-9-13(12(17)8-11(14)15(20)23-2)19-16(21)18-10-6-4-3-5-7-10/h3-9H,1-2H3,(H2,18,19,21). The van der Waals surface area contributed by atoms with Crippen molar-refractivity contribution in [3.05, 3.63) is 53.1 Å². The molecule has 0 saturated heterocycles. The average Bonchev–Trinajstić information content (AvgIpc) is 2.56. The molecule has 0 bridgehead atoms. The van der Waals surface area contributed by atoms with Gasteiger partial charge in [0.25, 0.3) is 0 Å². The van der Waals surface area contributed by atoms with Crippen LogP contribution in [-0.2, 0) is 4.74 Å². The van der Waals surface area contributed by atoms with Crippen LogP contribution in [0.2, 0.25) is 5.02 Å². The van der Waals surface area contributed by atoms with Crippen molar-refractivity contribution in [1.82, 2.24) is 0 Å². The minimum atomic E-state index is -0.580. The molecular weight excluding hydrogens is 320 g/mol. The number of urea groups is 1. The van der Waals surface area contributed by atoms with Crippen LogP contribution in [0.1, 0.15) is 10.4 Å². The summed E-state index contributed by atoms with van der Waals surface area (Å²) in [5.41, 5.74) is 1.12. The molecular formula is C16H15ClN2O4. The van der Waals surface area contributed by atoms with Gasteiger partial charge < -0.3 is 20.1 Å². The molecule has 2 rings (SSSR count). The summed E-state index contributed by atoms with van der Waals surface area (Å²) in [5, 5.41) is 5.46. The predicted octanol–water partition coefficient (Wildman–Crippen LogP) is 3.78. The number of hydrogen-bond acceptors (Lipinski definition) is 4. The molecule has 0 saturated carbocycles. The zero-order valence-electron chi connectivity index (χ0n) is 12.6. The second-order valence-electron chi connectivity index (χ2n) is 4.47. The van der Waals surface area contributed by atoms with Crippen LogP contribution < -0.4 is 15.4 Å². The largest absolute Gasteiger partial charge is 0.496 e. The van der Waals surface area contributed by atoms with E-state index in [4.69, 9.17) is 16.3 Å². The van der Waals surface area contributed by atoms with E-state index in [-0.39, 0.29) is 16.3 Å². The molecule has 0 aromatic heterocycles. The molecule has 6 nitrogen and oxygen atoms in total. The van der Waals surface area contributed by atoms with E-state index < -0.39 is 12.0 Å². The monoisotopic (exact) mass is 334 g/mol. The number of ether oxygens (including phenoxy) is 2. The minimum Gasteiger partial charge on any atom is -0.496 e. The first kappa shape index (κ1) is 16.6. The smallest absolute Gasteiger partial charge is 0.341 e. The van der Waals surface area contributed by atoms with Gasteiger partial charge in [0, 0.05) is 11.8 Å². The highest BCUT2D eigenvalue weighted by Crippen LogP contribution is 2.31. The van der Waals surface area contributed by atoms with E-state index in [9.17, 15) is 9.59 Å². The summed E-state index contributed by atoms with van der Waals surface area (Å²) in [6, 6.07) is 11.3. The molecule has 2 amide bonds. The van der Waals surface area contributed by atoms with E-state index in [0.29, 0.717) is 11.4 Å². The first-order valence-corrected chi connectivity index (χ1v) is 7.02. The summed E-state index contributed by atoms with van der Waals surface area (Å²) in [5.74, 6) is -0.333. The Hall–Kier alpha value is -2.73. The Balaban J connectivity index is 2.19. The van der Waals surface area contributed by atoms with Gasteiger partial charge in [0.1, 0.15) is 11.3 Å². The summed E-state index contributed by atoms with van der Waals surface area (Å²) in [7, 11) is 2.67. The molecule has 0 heterocycles. The van der Waals surface area contributed by atoms with Gasteiger partial charge in [-0.2, -0.15) is 0 Å². The number of nitrogens with one attached hydrogen (secondary N) is 2. The van der Waals surface area contributed by atoms with Crippen molar-refractivity contribution in [2.75, 3.05) is 24.9 Å². The van der Waals surface area contributed by atoms with Gasteiger partial charge in [0.15, 0.2) is 0 Å². The van der Waals surface area contributed by atoms with E-state index in [1.807, 2.05) is 6.07 Å². The maximum absolute atomic E-state index is 12.0. The Morgan fingerprint density at radius 1 is 1.04 bits per heavy atom. The summed E-state index contributed by atoms with van der Waals surface area (Å²) in [6.45, 7) is 0. The molecule has 7 heteroatoms. The lowest BCUT2D eigenvalue weighted by Gasteiger charge is -2.13. The quantitative estimate of drug-likeness (QED) is 0.834. The Morgan fingerprint density at radius 2 is 1.74 bits per heavy atom. The third-order valence-corrected chi connectivity index (χ3v) is 3.29. The topological polar surface area (TPSA) is 76.7 Å². The van der Waals surface area contributed by atoms with E-state index in [2.05, 4.69) is 15.4 Å². The van der Waals surface area contributed by atoms with Gasteiger partial charge in [0.05, 0.1) is 24.9 Å². The highest BCUT2D eigenvalue weighted by Gasteiger charge is 2.17. The lowest BCUT2D eigenvalue weighted by atomic mass is 10.2. The van der Waals surface area contributed by atoms with Gasteiger partial charge in [-0.25, -0.2) is 9.59 Å². The highest BCUT2D eigenvalue weighted by molar-refractivity contribution is 6.34. The van der Waals surface area contributed by atoms with Crippen molar-refractivity contribution >= 4 is 35.0 Å². The van der Waals surface area contributed by atoms with Crippen LogP contribution in [0.25, 0.3) is 0 Å². The van der Waals surface area contributed by atoms with Crippen LogP contribution >= 0.6 is 11.6 Å². The molecule has 0 aliphatic rings. The van der Waals surface area contributed by atoms with Gasteiger partial charge in [0.2, 0.25) is 0 Å². The zero-order chi connectivity index (χ0) is 16.8. The van der Waals surface area contributed by atoms with Gasteiger partial charge >= 0.3 is 12.0 Å². The lowest BCUT2D eigenvalue weighted by Crippen LogP contribution is -2.19. The first-order chi connectivity index (χ1) is 11.0. The maximum Gasteiger partial charge on any atom is 0.341 e. The van der Waals surface area contributed by atoms with Gasteiger partial charge in [-0.15, -0.1) is 0 Å². The molecule has 0 aliphatic heterocycles. The lowest BCUT2D eigenvalue weighted by molar-refractivity contribution is 0.0597. The predicted molar refractivity (Wildman–Crippen MR) is 88.4 cm³/mol. The summed E-state index contributed by atoms with van der Waals surface area (Å²) >= 11 is 6.10. The van der Waals surface area contributed by atoms with Gasteiger partial charge in [-0.3, -0.25) is 0 Å². The van der Waals surface area contributed by atoms with E-state index in [1.165, 1.54) is 26.4 Å². The summed E-state index contributed by atoms with van der Waals surface area (Å²) in [4.78, 5) is 23.7. The van der Waals surface area contributed by atoms with Gasteiger partial charge in [-0.05, 0) is 18.2 Å². The number of esters is 1. The van der Waals surface area contributed by atoms with Crippen molar-refractivity contribution in [3.8, 4) is 5.75 Å². The third kappa shape index (κ3) is 4.14. The number of rotatable bonds is 4. The van der Waals surface area contributed by atoms with Crippen molar-refractivity contribution in [2.24, 2.45) is 0 Å². The molecule has 2 N–H and O–H groups in total. The Bertz CT molecular complexity index is 720. The van der Waals surface area contributed by atoms with Crippen LogP contribution in [0.4, 0.5) is 16.2 Å². The molecule has 0 atom stereocenters. The second kappa shape index (κ2) is 7.51. The fourth-order valence-corrected chi connectivity index (χ4v) is 2.10. The minimum absolute atomic E-state index is 0.175. The molecule has 23 heavy (non-hydrogen) atoms. The van der Waals surface area contributed by atoms with Crippen LogP contribution in [0.15, 0.2) is 42.5 Å². The van der Waals surface area contributed by atoms with Crippen molar-refractivity contribution in [3.63, 3.8) is 0 Å². The van der Waals surface area contributed by atoms with Crippen molar-refractivity contribution in [1.29, 1.82) is 0 Å².